The van der Waals surface area contributed by atoms with E-state index in [0.29, 0.717) is 19.3 Å². The van der Waals surface area contributed by atoms with Gasteiger partial charge in [0.05, 0.1) is 19.8 Å². The molecule has 0 amide bonds. The third-order valence-electron chi connectivity index (χ3n) is 12.1. The molecule has 0 saturated heterocycles. The van der Waals surface area contributed by atoms with Crippen molar-refractivity contribution in [2.24, 2.45) is 0 Å². The van der Waals surface area contributed by atoms with Crippen molar-refractivity contribution in [3.63, 3.8) is 0 Å². The Hall–Kier alpha value is -4.38. The number of phosphoric ester groups is 1. The van der Waals surface area contributed by atoms with Crippen molar-refractivity contribution in [3.05, 3.63) is 134 Å². The number of hydrogen-bond donors (Lipinski definition) is 2. The van der Waals surface area contributed by atoms with E-state index in [0.717, 1.165) is 148 Å². The molecule has 0 heterocycles. The van der Waals surface area contributed by atoms with Crippen LogP contribution in [0.4, 0.5) is 0 Å². The second-order valence-corrected chi connectivity index (χ2v) is 20.8. The van der Waals surface area contributed by atoms with Gasteiger partial charge in [-0.15, -0.1) is 0 Å². The van der Waals surface area contributed by atoms with Gasteiger partial charge in [0.25, 0.3) is 0 Å². The van der Waals surface area contributed by atoms with Crippen molar-refractivity contribution < 1.29 is 52.2 Å². The van der Waals surface area contributed by atoms with Crippen LogP contribution in [0.5, 0.6) is 0 Å². The van der Waals surface area contributed by atoms with Crippen LogP contribution in [0.2, 0.25) is 0 Å². The Balaban J connectivity index is 4.87. The van der Waals surface area contributed by atoms with E-state index in [1.807, 2.05) is 12.2 Å². The number of carbonyl (C=O) groups is 3. The number of unbranched alkanes of at least 4 members (excludes halogenated alkanes) is 15. The molecule has 11 nitrogen and oxygen atoms in total. The highest BCUT2D eigenvalue weighted by atomic mass is 31.2. The van der Waals surface area contributed by atoms with Gasteiger partial charge in [-0.25, -0.2) is 4.57 Å². The molecule has 0 spiro atoms. The van der Waals surface area contributed by atoms with Crippen LogP contribution in [0.3, 0.4) is 0 Å². The van der Waals surface area contributed by atoms with Gasteiger partial charge >= 0.3 is 25.7 Å². The average Bonchev–Trinajstić information content (AvgIpc) is 3.43. The minimum Gasteiger partial charge on any atom is -0.462 e. The van der Waals surface area contributed by atoms with Gasteiger partial charge in [-0.3, -0.25) is 23.4 Å². The molecule has 0 aliphatic heterocycles. The molecule has 0 fully saturated rings. The van der Waals surface area contributed by atoms with E-state index in [1.165, 1.54) is 19.3 Å². The molecule has 0 aromatic rings. The fraction of sp³-hybridized carbons (Fsp3) is 0.621. The summed E-state index contributed by atoms with van der Waals surface area (Å²) in [6.45, 7) is 4.27. The summed E-state index contributed by atoms with van der Waals surface area (Å²) >= 11 is 0. The summed E-state index contributed by atoms with van der Waals surface area (Å²) in [5.74, 6) is -1.60. The molecule has 3 unspecified atom stereocenters. The fourth-order valence-electron chi connectivity index (χ4n) is 7.54. The molecule has 2 N–H and O–H groups in total. The van der Waals surface area contributed by atoms with Gasteiger partial charge in [0.15, 0.2) is 6.10 Å². The number of phosphoric acid groups is 1. The van der Waals surface area contributed by atoms with E-state index in [1.54, 1.807) is 0 Å². The maximum Gasteiger partial charge on any atom is 0.472 e. The van der Waals surface area contributed by atoms with E-state index < -0.39 is 57.8 Å². The largest absolute Gasteiger partial charge is 0.472 e. The lowest BCUT2D eigenvalue weighted by Crippen LogP contribution is -2.30. The van der Waals surface area contributed by atoms with Gasteiger partial charge in [0.2, 0.25) is 0 Å². The van der Waals surface area contributed by atoms with Crippen LogP contribution in [0.15, 0.2) is 134 Å². The van der Waals surface area contributed by atoms with Crippen LogP contribution in [0.25, 0.3) is 0 Å². The molecule has 0 rings (SSSR count). The minimum atomic E-state index is -4.78. The molecular formula is C66H107O11P. The van der Waals surface area contributed by atoms with Crippen molar-refractivity contribution >= 4 is 25.7 Å². The second-order valence-electron chi connectivity index (χ2n) is 19.4. The number of hydrogen-bond acceptors (Lipinski definition) is 10. The van der Waals surface area contributed by atoms with Crippen LogP contribution in [-0.2, 0) is 42.2 Å². The predicted octanol–water partition coefficient (Wildman–Crippen LogP) is 18.1. The zero-order chi connectivity index (χ0) is 56.9. The number of esters is 3. The first-order valence-electron chi connectivity index (χ1n) is 30.1. The molecule has 442 valence electrons. The van der Waals surface area contributed by atoms with Gasteiger partial charge in [-0.1, -0.05) is 219 Å². The first kappa shape index (κ1) is 73.6. The Morgan fingerprint density at radius 1 is 0.372 bits per heavy atom. The number of carbonyl (C=O) groups excluding carboxylic acids is 3. The maximum atomic E-state index is 12.9. The third-order valence-corrected chi connectivity index (χ3v) is 13.0. The maximum absolute atomic E-state index is 12.9. The Labute approximate surface area is 474 Å². The third kappa shape index (κ3) is 56.3. The summed E-state index contributed by atoms with van der Waals surface area (Å²) in [5.41, 5.74) is 0. The van der Waals surface area contributed by atoms with Crippen LogP contribution in [-0.4, -0.2) is 66.5 Å². The SMILES string of the molecule is CC/C=C\C/C=C\C/C=C\C/C=C\C/C=C\C/C=C\CCC(=O)OCC(COP(=O)(O)OCC(CO)OC(=O)CCCCCCC/C=C\C/C=C\CCCCC)OC(=O)CCCCCCCCC/C=C\C/C=C\C/C=C\CC. The van der Waals surface area contributed by atoms with Gasteiger partial charge in [0, 0.05) is 19.3 Å². The summed E-state index contributed by atoms with van der Waals surface area (Å²) in [6, 6.07) is 0. The van der Waals surface area contributed by atoms with E-state index in [2.05, 4.69) is 142 Å². The zero-order valence-corrected chi connectivity index (χ0v) is 49.7. The summed E-state index contributed by atoms with van der Waals surface area (Å²) in [6.07, 6.45) is 74.2. The number of ether oxygens (including phenoxy) is 3. The normalized spacial score (nSPS) is 14.3. The van der Waals surface area contributed by atoms with Crippen LogP contribution in [0.1, 0.15) is 226 Å². The lowest BCUT2D eigenvalue weighted by molar-refractivity contribution is -0.161. The van der Waals surface area contributed by atoms with Gasteiger partial charge < -0.3 is 24.2 Å². The monoisotopic (exact) mass is 1110 g/mol. The molecule has 0 radical (unpaired) electrons. The lowest BCUT2D eigenvalue weighted by atomic mass is 10.1. The van der Waals surface area contributed by atoms with E-state index in [4.69, 9.17) is 23.3 Å². The average molecular weight is 1110 g/mol. The van der Waals surface area contributed by atoms with E-state index >= 15 is 0 Å². The van der Waals surface area contributed by atoms with Gasteiger partial charge in [0.1, 0.15) is 12.7 Å². The van der Waals surface area contributed by atoms with E-state index in [9.17, 15) is 28.9 Å². The standard InChI is InChI=1S/C66H107O11P/c1-4-7-10-13-16-19-22-25-28-30-31-33-35-37-40-43-46-49-52-55-64(68)73-59-63(77-66(70)57-54-51-48-45-42-39-36-32-29-26-23-20-17-14-11-8-5-2)61-75-78(71,72)74-60-62(58-67)76-65(69)56-53-50-47-44-41-38-34-27-24-21-18-15-12-9-6-3/h7-8,10-11,16-21,25-29,31,33-34,37,40,46,49,62-63,67H,4-6,9,12-15,22-24,30,32,35-36,38-39,41-45,47-48,50-61H2,1-3H3,(H,71,72)/b10-7-,11-8-,19-16-,20-17-,21-18-,28-25-,29-26-,33-31-,34-27-,40-37-,49-46-. The van der Waals surface area contributed by atoms with Crippen molar-refractivity contribution in [1.29, 1.82) is 0 Å². The topological polar surface area (TPSA) is 155 Å². The molecule has 3 atom stereocenters. The van der Waals surface area contributed by atoms with Crippen LogP contribution in [0, 0.1) is 0 Å². The molecule has 0 saturated carbocycles. The number of allylic oxidation sites excluding steroid dienone is 22. The molecule has 0 aliphatic rings. The first-order chi connectivity index (χ1) is 38.2. The summed E-state index contributed by atoms with van der Waals surface area (Å²) in [4.78, 5) is 48.6. The van der Waals surface area contributed by atoms with Crippen molar-refractivity contribution in [2.75, 3.05) is 26.4 Å². The molecule has 0 bridgehead atoms. The quantitative estimate of drug-likeness (QED) is 0.0197. The van der Waals surface area contributed by atoms with Crippen molar-refractivity contribution in [1.82, 2.24) is 0 Å². The molecule has 0 aromatic carbocycles. The Kier molecular flexibility index (Phi) is 55.5. The smallest absolute Gasteiger partial charge is 0.462 e. The molecule has 12 heteroatoms. The fourth-order valence-corrected chi connectivity index (χ4v) is 8.33. The predicted molar refractivity (Wildman–Crippen MR) is 325 cm³/mol. The lowest BCUT2D eigenvalue weighted by Gasteiger charge is -2.21. The highest BCUT2D eigenvalue weighted by Gasteiger charge is 2.28. The molecular weight excluding hydrogens is 1000 g/mol. The second kappa shape index (κ2) is 58.8. The van der Waals surface area contributed by atoms with E-state index in [-0.39, 0.29) is 25.9 Å². The van der Waals surface area contributed by atoms with Crippen LogP contribution >= 0.6 is 7.82 Å². The highest BCUT2D eigenvalue weighted by Crippen LogP contribution is 2.43. The Morgan fingerprint density at radius 2 is 0.692 bits per heavy atom. The van der Waals surface area contributed by atoms with Gasteiger partial charge in [-0.05, 0) is 122 Å². The molecule has 0 aromatic heterocycles. The number of aliphatic hydroxyl groups excluding tert-OH is 1. The Morgan fingerprint density at radius 3 is 1.08 bits per heavy atom. The molecule has 0 aliphatic carbocycles. The van der Waals surface area contributed by atoms with Gasteiger partial charge in [-0.2, -0.15) is 0 Å². The van der Waals surface area contributed by atoms with Crippen molar-refractivity contribution in [3.8, 4) is 0 Å². The highest BCUT2D eigenvalue weighted by molar-refractivity contribution is 7.47. The van der Waals surface area contributed by atoms with Crippen molar-refractivity contribution in [2.45, 2.75) is 238 Å². The first-order valence-corrected chi connectivity index (χ1v) is 31.6. The number of aliphatic hydroxyl groups is 1. The summed E-state index contributed by atoms with van der Waals surface area (Å²) < 4.78 is 39.5. The Bertz CT molecular complexity index is 1820. The zero-order valence-electron chi connectivity index (χ0n) is 48.8. The molecule has 78 heavy (non-hydrogen) atoms. The summed E-state index contributed by atoms with van der Waals surface area (Å²) in [7, 11) is -4.78. The van der Waals surface area contributed by atoms with Crippen LogP contribution < -0.4 is 0 Å². The number of rotatable bonds is 54. The summed E-state index contributed by atoms with van der Waals surface area (Å²) in [5, 5.41) is 9.83. The minimum absolute atomic E-state index is 0.0911.